The Labute approximate surface area is 105 Å². The molecule has 1 N–H and O–H groups in total. The molecule has 2 rings (SSSR count). The SMILES string of the molecule is Clc1ccccc1CCNCc1cccs1. The van der Waals surface area contributed by atoms with E-state index >= 15 is 0 Å². The Morgan fingerprint density at radius 2 is 2.00 bits per heavy atom. The van der Waals surface area contributed by atoms with Crippen LogP contribution < -0.4 is 5.32 Å². The first-order valence-electron chi connectivity index (χ1n) is 5.33. The van der Waals surface area contributed by atoms with E-state index in [1.165, 1.54) is 10.4 Å². The highest BCUT2D eigenvalue weighted by atomic mass is 35.5. The van der Waals surface area contributed by atoms with Crippen molar-refractivity contribution in [2.45, 2.75) is 13.0 Å². The van der Waals surface area contributed by atoms with Gasteiger partial charge in [0, 0.05) is 16.4 Å². The van der Waals surface area contributed by atoms with Crippen molar-refractivity contribution in [2.75, 3.05) is 6.54 Å². The third kappa shape index (κ3) is 3.34. The molecule has 1 nitrogen and oxygen atoms in total. The summed E-state index contributed by atoms with van der Waals surface area (Å²) in [6.07, 6.45) is 0.977. The Kier molecular flexibility index (Phi) is 4.40. The second-order valence-electron chi connectivity index (χ2n) is 3.60. The number of hydrogen-bond donors (Lipinski definition) is 1. The van der Waals surface area contributed by atoms with Gasteiger partial charge in [-0.25, -0.2) is 0 Å². The zero-order valence-corrected chi connectivity index (χ0v) is 10.5. The van der Waals surface area contributed by atoms with E-state index < -0.39 is 0 Å². The van der Waals surface area contributed by atoms with Crippen LogP contribution in [0.4, 0.5) is 0 Å². The summed E-state index contributed by atoms with van der Waals surface area (Å²) < 4.78 is 0. The van der Waals surface area contributed by atoms with Crippen molar-refractivity contribution in [3.63, 3.8) is 0 Å². The largest absolute Gasteiger partial charge is 0.312 e. The van der Waals surface area contributed by atoms with Gasteiger partial charge >= 0.3 is 0 Å². The van der Waals surface area contributed by atoms with Crippen LogP contribution in [0.1, 0.15) is 10.4 Å². The summed E-state index contributed by atoms with van der Waals surface area (Å²) in [6.45, 7) is 1.91. The van der Waals surface area contributed by atoms with Gasteiger partial charge in [-0.15, -0.1) is 11.3 Å². The molecule has 0 bridgehead atoms. The van der Waals surface area contributed by atoms with Crippen LogP contribution in [-0.4, -0.2) is 6.54 Å². The summed E-state index contributed by atoms with van der Waals surface area (Å²) in [5, 5.41) is 6.38. The van der Waals surface area contributed by atoms with Gasteiger partial charge in [0.1, 0.15) is 0 Å². The number of rotatable bonds is 5. The molecule has 0 radical (unpaired) electrons. The normalized spacial score (nSPS) is 10.6. The lowest BCUT2D eigenvalue weighted by molar-refractivity contribution is 0.694. The van der Waals surface area contributed by atoms with E-state index in [4.69, 9.17) is 11.6 Å². The van der Waals surface area contributed by atoms with Gasteiger partial charge in [-0.05, 0) is 36.0 Å². The van der Waals surface area contributed by atoms with Crippen LogP contribution in [0.2, 0.25) is 5.02 Å². The van der Waals surface area contributed by atoms with Gasteiger partial charge in [-0.3, -0.25) is 0 Å². The lowest BCUT2D eigenvalue weighted by Crippen LogP contribution is -2.16. The standard InChI is InChI=1S/C13H14ClNS/c14-13-6-2-1-4-11(13)7-8-15-10-12-5-3-9-16-12/h1-6,9,15H,7-8,10H2. The van der Waals surface area contributed by atoms with E-state index in [9.17, 15) is 0 Å². The van der Waals surface area contributed by atoms with Gasteiger partial charge in [0.15, 0.2) is 0 Å². The minimum Gasteiger partial charge on any atom is -0.312 e. The second kappa shape index (κ2) is 6.04. The van der Waals surface area contributed by atoms with Crippen molar-refractivity contribution >= 4 is 22.9 Å². The summed E-state index contributed by atoms with van der Waals surface area (Å²) in [6, 6.07) is 12.2. The monoisotopic (exact) mass is 251 g/mol. The predicted octanol–water partition coefficient (Wildman–Crippen LogP) is 3.73. The molecule has 3 heteroatoms. The molecule has 2 aromatic rings. The van der Waals surface area contributed by atoms with Crippen LogP contribution in [0, 0.1) is 0 Å². The minimum absolute atomic E-state index is 0.862. The Hall–Kier alpha value is -0.830. The van der Waals surface area contributed by atoms with E-state index in [1.54, 1.807) is 11.3 Å². The summed E-state index contributed by atoms with van der Waals surface area (Å²) in [5.41, 5.74) is 1.21. The summed E-state index contributed by atoms with van der Waals surface area (Å²) in [5.74, 6) is 0. The van der Waals surface area contributed by atoms with Crippen LogP contribution >= 0.6 is 22.9 Å². The first-order valence-corrected chi connectivity index (χ1v) is 6.58. The Morgan fingerprint density at radius 1 is 1.12 bits per heavy atom. The highest BCUT2D eigenvalue weighted by Gasteiger charge is 1.98. The van der Waals surface area contributed by atoms with E-state index in [-0.39, 0.29) is 0 Å². The van der Waals surface area contributed by atoms with Gasteiger partial charge in [0.2, 0.25) is 0 Å². The fourth-order valence-corrected chi connectivity index (χ4v) is 2.45. The first kappa shape index (κ1) is 11.6. The topological polar surface area (TPSA) is 12.0 Å². The minimum atomic E-state index is 0.862. The van der Waals surface area contributed by atoms with Crippen LogP contribution in [0.25, 0.3) is 0 Å². The van der Waals surface area contributed by atoms with Crippen LogP contribution in [0.5, 0.6) is 0 Å². The summed E-state index contributed by atoms with van der Waals surface area (Å²) in [4.78, 5) is 1.37. The molecular weight excluding hydrogens is 238 g/mol. The van der Waals surface area contributed by atoms with Gasteiger partial charge in [0.25, 0.3) is 0 Å². The van der Waals surface area contributed by atoms with Gasteiger partial charge < -0.3 is 5.32 Å². The molecule has 84 valence electrons. The number of hydrogen-bond acceptors (Lipinski definition) is 2. The van der Waals surface area contributed by atoms with Crippen molar-refractivity contribution in [3.05, 3.63) is 57.2 Å². The highest BCUT2D eigenvalue weighted by Crippen LogP contribution is 2.15. The molecule has 0 amide bonds. The molecule has 0 saturated heterocycles. The average Bonchev–Trinajstić information content (AvgIpc) is 2.79. The molecule has 0 aliphatic carbocycles. The maximum Gasteiger partial charge on any atom is 0.0438 e. The maximum absolute atomic E-state index is 6.08. The van der Waals surface area contributed by atoms with E-state index in [2.05, 4.69) is 28.9 Å². The maximum atomic E-state index is 6.08. The quantitative estimate of drug-likeness (QED) is 0.799. The predicted molar refractivity (Wildman–Crippen MR) is 71.2 cm³/mol. The number of halogens is 1. The molecule has 0 fully saturated rings. The van der Waals surface area contributed by atoms with Crippen LogP contribution in [0.15, 0.2) is 41.8 Å². The molecule has 0 saturated carbocycles. The smallest absolute Gasteiger partial charge is 0.0438 e. The summed E-state index contributed by atoms with van der Waals surface area (Å²) >= 11 is 7.86. The Morgan fingerprint density at radius 3 is 2.75 bits per heavy atom. The van der Waals surface area contributed by atoms with Gasteiger partial charge in [0.05, 0.1) is 0 Å². The number of thiophene rings is 1. The van der Waals surface area contributed by atoms with Crippen molar-refractivity contribution < 1.29 is 0 Å². The number of benzene rings is 1. The molecule has 0 atom stereocenters. The molecule has 0 spiro atoms. The van der Waals surface area contributed by atoms with E-state index in [0.29, 0.717) is 0 Å². The third-order valence-corrected chi connectivity index (χ3v) is 3.65. The lowest BCUT2D eigenvalue weighted by atomic mass is 10.1. The summed E-state index contributed by atoms with van der Waals surface area (Å²) in [7, 11) is 0. The third-order valence-electron chi connectivity index (χ3n) is 2.41. The molecular formula is C13H14ClNS. The lowest BCUT2D eigenvalue weighted by Gasteiger charge is -2.05. The van der Waals surface area contributed by atoms with Crippen molar-refractivity contribution in [2.24, 2.45) is 0 Å². The highest BCUT2D eigenvalue weighted by molar-refractivity contribution is 7.09. The van der Waals surface area contributed by atoms with E-state index in [1.807, 2.05) is 18.2 Å². The Balaban J connectivity index is 1.74. The molecule has 16 heavy (non-hydrogen) atoms. The molecule has 1 aromatic heterocycles. The molecule has 1 aromatic carbocycles. The van der Waals surface area contributed by atoms with Crippen molar-refractivity contribution in [3.8, 4) is 0 Å². The molecule has 0 aliphatic heterocycles. The molecule has 1 heterocycles. The van der Waals surface area contributed by atoms with Crippen molar-refractivity contribution in [1.82, 2.24) is 5.32 Å². The van der Waals surface area contributed by atoms with Crippen molar-refractivity contribution in [1.29, 1.82) is 0 Å². The molecule has 0 aliphatic rings. The fraction of sp³-hybridized carbons (Fsp3) is 0.231. The van der Waals surface area contributed by atoms with Gasteiger partial charge in [-0.2, -0.15) is 0 Å². The van der Waals surface area contributed by atoms with Gasteiger partial charge in [-0.1, -0.05) is 35.9 Å². The fourth-order valence-electron chi connectivity index (χ4n) is 1.55. The van der Waals surface area contributed by atoms with Crippen LogP contribution in [0.3, 0.4) is 0 Å². The second-order valence-corrected chi connectivity index (χ2v) is 5.04. The zero-order valence-electron chi connectivity index (χ0n) is 8.95. The first-order chi connectivity index (χ1) is 7.86. The number of nitrogens with one attached hydrogen (secondary N) is 1. The average molecular weight is 252 g/mol. The van der Waals surface area contributed by atoms with E-state index in [0.717, 1.165) is 24.5 Å². The zero-order chi connectivity index (χ0) is 11.2. The Bertz CT molecular complexity index is 425. The van der Waals surface area contributed by atoms with Crippen LogP contribution in [-0.2, 0) is 13.0 Å². The molecule has 0 unspecified atom stereocenters.